The zero-order valence-electron chi connectivity index (χ0n) is 10.7. The molecule has 0 aliphatic rings. The standard InChI is InChI=1S/C14H20BrNO2/c1-2-7-16(9-10-17)8-6-14(18)12-4-3-5-13(15)11-12/h3-5,11,17H,2,6-10H2,1H3. The van der Waals surface area contributed by atoms with Crippen molar-refractivity contribution in [2.45, 2.75) is 19.8 Å². The number of nitrogens with zero attached hydrogens (tertiary/aromatic N) is 1. The molecule has 0 spiro atoms. The van der Waals surface area contributed by atoms with Crippen molar-refractivity contribution in [1.82, 2.24) is 4.90 Å². The van der Waals surface area contributed by atoms with Gasteiger partial charge in [0.2, 0.25) is 0 Å². The first-order chi connectivity index (χ1) is 8.67. The van der Waals surface area contributed by atoms with E-state index in [2.05, 4.69) is 27.8 Å². The fourth-order valence-electron chi connectivity index (χ4n) is 1.86. The van der Waals surface area contributed by atoms with Crippen molar-refractivity contribution >= 4 is 21.7 Å². The van der Waals surface area contributed by atoms with Gasteiger partial charge in [-0.3, -0.25) is 4.79 Å². The minimum absolute atomic E-state index is 0.144. The topological polar surface area (TPSA) is 40.5 Å². The SMILES string of the molecule is CCCN(CCO)CCC(=O)c1cccc(Br)c1. The molecule has 4 heteroatoms. The quantitative estimate of drug-likeness (QED) is 0.750. The molecule has 3 nitrogen and oxygen atoms in total. The molecule has 0 unspecified atom stereocenters. The Balaban J connectivity index is 2.49. The van der Waals surface area contributed by atoms with Gasteiger partial charge in [-0.05, 0) is 25.1 Å². The number of rotatable bonds is 8. The van der Waals surface area contributed by atoms with Gasteiger partial charge in [0, 0.05) is 29.5 Å². The molecule has 0 aliphatic heterocycles. The van der Waals surface area contributed by atoms with Gasteiger partial charge in [0.15, 0.2) is 5.78 Å². The number of hydrogen-bond donors (Lipinski definition) is 1. The summed E-state index contributed by atoms with van der Waals surface area (Å²) in [5, 5.41) is 8.95. The van der Waals surface area contributed by atoms with E-state index < -0.39 is 0 Å². The summed E-state index contributed by atoms with van der Waals surface area (Å²) in [5.74, 6) is 0.148. The van der Waals surface area contributed by atoms with E-state index in [-0.39, 0.29) is 12.4 Å². The lowest BCUT2D eigenvalue weighted by molar-refractivity contribution is 0.0957. The number of halogens is 1. The number of carbonyl (C=O) groups excluding carboxylic acids is 1. The van der Waals surface area contributed by atoms with Gasteiger partial charge in [0.25, 0.3) is 0 Å². The lowest BCUT2D eigenvalue weighted by atomic mass is 10.1. The van der Waals surface area contributed by atoms with Crippen molar-refractivity contribution in [2.75, 3.05) is 26.2 Å². The Bertz CT molecular complexity index is 376. The van der Waals surface area contributed by atoms with E-state index >= 15 is 0 Å². The van der Waals surface area contributed by atoms with Crippen molar-refractivity contribution in [2.24, 2.45) is 0 Å². The molecule has 0 saturated heterocycles. The van der Waals surface area contributed by atoms with Gasteiger partial charge < -0.3 is 10.0 Å². The first kappa shape index (κ1) is 15.3. The smallest absolute Gasteiger partial charge is 0.164 e. The molecule has 0 aromatic heterocycles. The van der Waals surface area contributed by atoms with E-state index in [1.165, 1.54) is 0 Å². The predicted octanol–water partition coefficient (Wildman–Crippen LogP) is 2.73. The Morgan fingerprint density at radius 3 is 2.72 bits per heavy atom. The summed E-state index contributed by atoms with van der Waals surface area (Å²) < 4.78 is 0.925. The summed E-state index contributed by atoms with van der Waals surface area (Å²) in [6.07, 6.45) is 1.53. The summed E-state index contributed by atoms with van der Waals surface area (Å²) in [4.78, 5) is 14.1. The van der Waals surface area contributed by atoms with Crippen LogP contribution in [0.15, 0.2) is 28.7 Å². The average Bonchev–Trinajstić information content (AvgIpc) is 2.36. The molecular formula is C14H20BrNO2. The maximum absolute atomic E-state index is 12.0. The first-order valence-corrected chi connectivity index (χ1v) is 7.08. The molecule has 1 aromatic carbocycles. The summed E-state index contributed by atoms with van der Waals surface area (Å²) in [6, 6.07) is 7.46. The molecule has 1 aromatic rings. The number of Topliss-reactive ketones (excluding diaryl/α,β-unsaturated/α-hetero) is 1. The van der Waals surface area contributed by atoms with E-state index in [0.29, 0.717) is 19.5 Å². The lowest BCUT2D eigenvalue weighted by Crippen LogP contribution is -2.30. The Morgan fingerprint density at radius 2 is 2.11 bits per heavy atom. The lowest BCUT2D eigenvalue weighted by Gasteiger charge is -2.19. The predicted molar refractivity (Wildman–Crippen MR) is 76.9 cm³/mol. The molecule has 0 saturated carbocycles. The molecule has 1 rings (SSSR count). The van der Waals surface area contributed by atoms with Gasteiger partial charge in [0.05, 0.1) is 6.61 Å². The van der Waals surface area contributed by atoms with Crippen LogP contribution in [0.25, 0.3) is 0 Å². The number of ketones is 1. The van der Waals surface area contributed by atoms with Gasteiger partial charge in [0.1, 0.15) is 0 Å². The summed E-state index contributed by atoms with van der Waals surface area (Å²) in [6.45, 7) is 4.51. The Labute approximate surface area is 117 Å². The van der Waals surface area contributed by atoms with Crippen LogP contribution in [0.3, 0.4) is 0 Å². The molecule has 0 radical (unpaired) electrons. The number of aliphatic hydroxyl groups excluding tert-OH is 1. The minimum Gasteiger partial charge on any atom is -0.395 e. The number of hydrogen-bond acceptors (Lipinski definition) is 3. The van der Waals surface area contributed by atoms with Crippen LogP contribution in [0.1, 0.15) is 30.1 Å². The highest BCUT2D eigenvalue weighted by Crippen LogP contribution is 2.13. The highest BCUT2D eigenvalue weighted by molar-refractivity contribution is 9.10. The molecule has 0 fully saturated rings. The maximum Gasteiger partial charge on any atom is 0.164 e. The molecule has 0 atom stereocenters. The third-order valence-corrected chi connectivity index (χ3v) is 3.25. The molecule has 0 heterocycles. The number of aliphatic hydroxyl groups is 1. The van der Waals surface area contributed by atoms with Crippen molar-refractivity contribution in [1.29, 1.82) is 0 Å². The maximum atomic E-state index is 12.0. The second-order valence-electron chi connectivity index (χ2n) is 4.25. The van der Waals surface area contributed by atoms with Crippen LogP contribution in [0, 0.1) is 0 Å². The van der Waals surface area contributed by atoms with Crippen LogP contribution in [0.2, 0.25) is 0 Å². The number of benzene rings is 1. The van der Waals surface area contributed by atoms with Crippen LogP contribution in [-0.4, -0.2) is 42.0 Å². The zero-order chi connectivity index (χ0) is 13.4. The first-order valence-electron chi connectivity index (χ1n) is 6.29. The zero-order valence-corrected chi connectivity index (χ0v) is 12.3. The molecule has 18 heavy (non-hydrogen) atoms. The molecule has 0 aliphatic carbocycles. The van der Waals surface area contributed by atoms with Crippen molar-refractivity contribution in [3.05, 3.63) is 34.3 Å². The van der Waals surface area contributed by atoms with Crippen LogP contribution >= 0.6 is 15.9 Å². The van der Waals surface area contributed by atoms with Crippen molar-refractivity contribution in [3.63, 3.8) is 0 Å². The van der Waals surface area contributed by atoms with Crippen LogP contribution in [-0.2, 0) is 0 Å². The van der Waals surface area contributed by atoms with Crippen LogP contribution < -0.4 is 0 Å². The summed E-state index contributed by atoms with van der Waals surface area (Å²) in [7, 11) is 0. The molecule has 0 bridgehead atoms. The van der Waals surface area contributed by atoms with Gasteiger partial charge in [-0.1, -0.05) is 35.0 Å². The van der Waals surface area contributed by atoms with Gasteiger partial charge >= 0.3 is 0 Å². The van der Waals surface area contributed by atoms with E-state index in [4.69, 9.17) is 5.11 Å². The second kappa shape index (κ2) is 8.40. The normalized spacial score (nSPS) is 10.9. The minimum atomic E-state index is 0.144. The van der Waals surface area contributed by atoms with Crippen molar-refractivity contribution in [3.8, 4) is 0 Å². The fraction of sp³-hybridized carbons (Fsp3) is 0.500. The highest BCUT2D eigenvalue weighted by atomic mass is 79.9. The Hall–Kier alpha value is -0.710. The molecule has 1 N–H and O–H groups in total. The van der Waals surface area contributed by atoms with E-state index in [1.54, 1.807) is 0 Å². The Kier molecular flexibility index (Phi) is 7.16. The fourth-order valence-corrected chi connectivity index (χ4v) is 2.26. The highest BCUT2D eigenvalue weighted by Gasteiger charge is 2.09. The molecule has 100 valence electrons. The average molecular weight is 314 g/mol. The summed E-state index contributed by atoms with van der Waals surface area (Å²) >= 11 is 3.36. The molecular weight excluding hydrogens is 294 g/mol. The van der Waals surface area contributed by atoms with Gasteiger partial charge in [-0.2, -0.15) is 0 Å². The largest absolute Gasteiger partial charge is 0.395 e. The Morgan fingerprint density at radius 1 is 1.33 bits per heavy atom. The van der Waals surface area contributed by atoms with Crippen LogP contribution in [0.4, 0.5) is 0 Å². The third kappa shape index (κ3) is 5.29. The monoisotopic (exact) mass is 313 g/mol. The van der Waals surface area contributed by atoms with Crippen molar-refractivity contribution < 1.29 is 9.90 Å². The van der Waals surface area contributed by atoms with Crippen LogP contribution in [0.5, 0.6) is 0 Å². The number of carbonyl (C=O) groups is 1. The summed E-state index contributed by atoms with van der Waals surface area (Å²) in [5.41, 5.74) is 0.741. The van der Waals surface area contributed by atoms with E-state index in [9.17, 15) is 4.79 Å². The van der Waals surface area contributed by atoms with E-state index in [1.807, 2.05) is 24.3 Å². The van der Waals surface area contributed by atoms with Gasteiger partial charge in [-0.15, -0.1) is 0 Å². The second-order valence-corrected chi connectivity index (χ2v) is 5.16. The van der Waals surface area contributed by atoms with E-state index in [0.717, 1.165) is 23.0 Å². The third-order valence-electron chi connectivity index (χ3n) is 2.76. The molecule has 0 amide bonds. The van der Waals surface area contributed by atoms with Gasteiger partial charge in [-0.25, -0.2) is 0 Å².